The molecule has 3 heterocycles. The van der Waals surface area contributed by atoms with Crippen LogP contribution >= 0.6 is 11.3 Å². The SMILES string of the molecule is CNC(=O)[C@@]1(Cc2ccc(-c3ccsc3)cc2)CCN(Cc2ccccn2)C1. The molecule has 2 aromatic heterocycles. The zero-order valence-electron chi connectivity index (χ0n) is 16.1. The fourth-order valence-electron chi connectivity index (χ4n) is 4.12. The maximum absolute atomic E-state index is 12.8. The Hall–Kier alpha value is -2.50. The predicted octanol–water partition coefficient (Wildman–Crippen LogP) is 3.99. The van der Waals surface area contributed by atoms with Crippen LogP contribution in [0.25, 0.3) is 11.1 Å². The average Bonchev–Trinajstić information content (AvgIpc) is 3.40. The largest absolute Gasteiger partial charge is 0.359 e. The Morgan fingerprint density at radius 3 is 2.71 bits per heavy atom. The summed E-state index contributed by atoms with van der Waals surface area (Å²) in [5.74, 6) is 0.137. The number of rotatable bonds is 6. The Morgan fingerprint density at radius 2 is 2.04 bits per heavy atom. The van der Waals surface area contributed by atoms with Gasteiger partial charge in [0.25, 0.3) is 0 Å². The summed E-state index contributed by atoms with van der Waals surface area (Å²) in [6, 6.07) is 16.8. The molecule has 1 N–H and O–H groups in total. The molecule has 1 atom stereocenters. The third kappa shape index (κ3) is 4.01. The number of pyridine rings is 1. The molecule has 1 saturated heterocycles. The highest BCUT2D eigenvalue weighted by Gasteiger charge is 2.44. The number of aromatic nitrogens is 1. The van der Waals surface area contributed by atoms with E-state index in [9.17, 15) is 4.79 Å². The Bertz CT molecular complexity index is 909. The molecule has 0 unspecified atom stereocenters. The number of nitrogens with zero attached hydrogens (tertiary/aromatic N) is 2. The predicted molar refractivity (Wildman–Crippen MR) is 114 cm³/mol. The molecule has 0 spiro atoms. The van der Waals surface area contributed by atoms with Crippen molar-refractivity contribution in [2.75, 3.05) is 20.1 Å². The van der Waals surface area contributed by atoms with E-state index in [1.807, 2.05) is 24.4 Å². The number of carbonyl (C=O) groups excluding carboxylic acids is 1. The fraction of sp³-hybridized carbons (Fsp3) is 0.304. The minimum atomic E-state index is -0.382. The summed E-state index contributed by atoms with van der Waals surface area (Å²) in [6.07, 6.45) is 3.45. The summed E-state index contributed by atoms with van der Waals surface area (Å²) in [7, 11) is 1.74. The lowest BCUT2D eigenvalue weighted by atomic mass is 9.79. The lowest BCUT2D eigenvalue weighted by molar-refractivity contribution is -0.130. The zero-order chi connectivity index (χ0) is 19.4. The third-order valence-corrected chi connectivity index (χ3v) is 6.29. The Labute approximate surface area is 170 Å². The highest BCUT2D eigenvalue weighted by Crippen LogP contribution is 2.36. The molecular formula is C23H25N3OS. The number of amides is 1. The molecule has 28 heavy (non-hydrogen) atoms. The smallest absolute Gasteiger partial charge is 0.227 e. The van der Waals surface area contributed by atoms with Crippen molar-refractivity contribution in [3.8, 4) is 11.1 Å². The van der Waals surface area contributed by atoms with E-state index in [1.165, 1.54) is 16.7 Å². The van der Waals surface area contributed by atoms with Crippen molar-refractivity contribution < 1.29 is 4.79 Å². The number of likely N-dealkylation sites (tertiary alicyclic amines) is 1. The van der Waals surface area contributed by atoms with Gasteiger partial charge in [0.1, 0.15) is 0 Å². The highest BCUT2D eigenvalue weighted by atomic mass is 32.1. The molecule has 1 aliphatic rings. The second-order valence-corrected chi connectivity index (χ2v) is 8.31. The van der Waals surface area contributed by atoms with Crippen molar-refractivity contribution in [3.63, 3.8) is 0 Å². The van der Waals surface area contributed by atoms with Crippen LogP contribution in [0.4, 0.5) is 0 Å². The number of nitrogens with one attached hydrogen (secondary N) is 1. The Balaban J connectivity index is 1.50. The number of benzene rings is 1. The first kappa shape index (κ1) is 18.8. The van der Waals surface area contributed by atoms with Crippen LogP contribution in [0, 0.1) is 5.41 Å². The molecule has 144 valence electrons. The third-order valence-electron chi connectivity index (χ3n) is 5.60. The molecule has 0 saturated carbocycles. The zero-order valence-corrected chi connectivity index (χ0v) is 16.9. The topological polar surface area (TPSA) is 45.2 Å². The summed E-state index contributed by atoms with van der Waals surface area (Å²) in [6.45, 7) is 2.46. The van der Waals surface area contributed by atoms with E-state index in [1.54, 1.807) is 18.4 Å². The van der Waals surface area contributed by atoms with Crippen molar-refractivity contribution in [1.82, 2.24) is 15.2 Å². The van der Waals surface area contributed by atoms with Gasteiger partial charge in [0, 0.05) is 26.3 Å². The molecule has 4 nitrogen and oxygen atoms in total. The van der Waals surface area contributed by atoms with Crippen LogP contribution in [0.1, 0.15) is 17.7 Å². The molecule has 4 rings (SSSR count). The van der Waals surface area contributed by atoms with Crippen LogP contribution in [0.15, 0.2) is 65.5 Å². The van der Waals surface area contributed by atoms with Gasteiger partial charge in [-0.05, 0) is 65.0 Å². The molecule has 0 aliphatic carbocycles. The standard InChI is InChI=1S/C23H25N3OS/c1-24-22(27)23(10-12-26(17-23)15-21-4-2-3-11-25-21)14-18-5-7-19(8-6-18)20-9-13-28-16-20/h2-9,11,13,16H,10,12,14-15,17H2,1H3,(H,24,27)/t23-/m1/s1. The van der Waals surface area contributed by atoms with Crippen LogP contribution in [0.5, 0.6) is 0 Å². The van der Waals surface area contributed by atoms with Gasteiger partial charge in [-0.2, -0.15) is 11.3 Å². The lowest BCUT2D eigenvalue weighted by Gasteiger charge is -2.28. The van der Waals surface area contributed by atoms with Gasteiger partial charge in [-0.25, -0.2) is 0 Å². The number of hydrogen-bond donors (Lipinski definition) is 1. The van der Waals surface area contributed by atoms with Gasteiger partial charge in [0.05, 0.1) is 11.1 Å². The molecule has 0 bridgehead atoms. The van der Waals surface area contributed by atoms with E-state index in [4.69, 9.17) is 0 Å². The van der Waals surface area contributed by atoms with Crippen LogP contribution in [0.2, 0.25) is 0 Å². The number of carbonyl (C=O) groups is 1. The maximum atomic E-state index is 12.8. The van der Waals surface area contributed by atoms with Crippen LogP contribution in [0.3, 0.4) is 0 Å². The van der Waals surface area contributed by atoms with Gasteiger partial charge in [0.2, 0.25) is 5.91 Å². The van der Waals surface area contributed by atoms with Gasteiger partial charge in [-0.1, -0.05) is 30.3 Å². The summed E-state index contributed by atoms with van der Waals surface area (Å²) in [5.41, 5.74) is 4.35. The first-order valence-corrected chi connectivity index (χ1v) is 10.6. The molecule has 1 aromatic carbocycles. The average molecular weight is 392 g/mol. The van der Waals surface area contributed by atoms with Gasteiger partial charge in [-0.3, -0.25) is 14.7 Å². The van der Waals surface area contributed by atoms with Crippen LogP contribution < -0.4 is 5.32 Å². The first-order chi connectivity index (χ1) is 13.7. The van der Waals surface area contributed by atoms with E-state index in [0.717, 1.165) is 38.2 Å². The lowest BCUT2D eigenvalue weighted by Crippen LogP contribution is -2.43. The minimum Gasteiger partial charge on any atom is -0.359 e. The summed E-state index contributed by atoms with van der Waals surface area (Å²) >= 11 is 1.71. The molecule has 0 radical (unpaired) electrons. The van der Waals surface area contributed by atoms with Gasteiger partial charge >= 0.3 is 0 Å². The van der Waals surface area contributed by atoms with Gasteiger partial charge in [0.15, 0.2) is 0 Å². The Morgan fingerprint density at radius 1 is 1.18 bits per heavy atom. The monoisotopic (exact) mass is 391 g/mol. The molecule has 3 aromatic rings. The molecule has 5 heteroatoms. The fourth-order valence-corrected chi connectivity index (χ4v) is 4.79. The van der Waals surface area contributed by atoms with E-state index >= 15 is 0 Å². The van der Waals surface area contributed by atoms with E-state index in [-0.39, 0.29) is 11.3 Å². The van der Waals surface area contributed by atoms with E-state index in [0.29, 0.717) is 0 Å². The van der Waals surface area contributed by atoms with Crippen molar-refractivity contribution in [2.45, 2.75) is 19.4 Å². The second kappa shape index (κ2) is 8.25. The summed E-state index contributed by atoms with van der Waals surface area (Å²) in [4.78, 5) is 19.6. The van der Waals surface area contributed by atoms with Crippen LogP contribution in [-0.2, 0) is 17.8 Å². The normalized spacial score (nSPS) is 19.6. The van der Waals surface area contributed by atoms with Crippen molar-refractivity contribution in [2.24, 2.45) is 5.41 Å². The maximum Gasteiger partial charge on any atom is 0.227 e. The quantitative estimate of drug-likeness (QED) is 0.691. The minimum absolute atomic E-state index is 0.137. The van der Waals surface area contributed by atoms with Crippen molar-refractivity contribution in [3.05, 3.63) is 76.7 Å². The van der Waals surface area contributed by atoms with Crippen LogP contribution in [-0.4, -0.2) is 35.9 Å². The first-order valence-electron chi connectivity index (χ1n) is 9.64. The van der Waals surface area contributed by atoms with E-state index < -0.39 is 0 Å². The Kier molecular flexibility index (Phi) is 5.55. The highest BCUT2D eigenvalue weighted by molar-refractivity contribution is 7.08. The summed E-state index contributed by atoms with van der Waals surface area (Å²) in [5, 5.41) is 7.16. The summed E-state index contributed by atoms with van der Waals surface area (Å²) < 4.78 is 0. The second-order valence-electron chi connectivity index (χ2n) is 7.53. The molecule has 1 aliphatic heterocycles. The van der Waals surface area contributed by atoms with E-state index in [2.05, 4.69) is 56.3 Å². The van der Waals surface area contributed by atoms with Crippen molar-refractivity contribution in [1.29, 1.82) is 0 Å². The molecular weight excluding hydrogens is 366 g/mol. The number of hydrogen-bond acceptors (Lipinski definition) is 4. The molecule has 1 fully saturated rings. The van der Waals surface area contributed by atoms with Crippen molar-refractivity contribution >= 4 is 17.2 Å². The number of thiophene rings is 1. The molecule has 1 amide bonds. The van der Waals surface area contributed by atoms with Gasteiger partial charge in [-0.15, -0.1) is 0 Å². The van der Waals surface area contributed by atoms with Gasteiger partial charge < -0.3 is 5.32 Å².